The van der Waals surface area contributed by atoms with Crippen molar-refractivity contribution in [1.82, 2.24) is 0 Å². The van der Waals surface area contributed by atoms with Crippen molar-refractivity contribution >= 4 is 5.97 Å². The molecule has 0 fully saturated rings. The molecule has 0 bridgehead atoms. The Kier molecular flexibility index (Phi) is 3.83. The summed E-state index contributed by atoms with van der Waals surface area (Å²) in [6, 6.07) is 4.03. The maximum Gasteiger partial charge on any atom is 0.307 e. The van der Waals surface area contributed by atoms with Crippen LogP contribution < -0.4 is 0 Å². The average molecular weight is 208 g/mol. The zero-order valence-electron chi connectivity index (χ0n) is 7.83. The van der Waals surface area contributed by atoms with Gasteiger partial charge in [0, 0.05) is 0 Å². The molecule has 1 aromatic carbocycles. The first-order chi connectivity index (χ1) is 7.13. The highest BCUT2D eigenvalue weighted by molar-refractivity contribution is 5.70. The first-order valence-electron chi connectivity index (χ1n) is 4.23. The van der Waals surface area contributed by atoms with E-state index >= 15 is 0 Å². The molecule has 0 atom stereocenters. The van der Waals surface area contributed by atoms with Crippen LogP contribution in [0.3, 0.4) is 0 Å². The first kappa shape index (κ1) is 11.2. The van der Waals surface area contributed by atoms with E-state index in [0.717, 1.165) is 6.07 Å². The van der Waals surface area contributed by atoms with Gasteiger partial charge in [-0.25, -0.2) is 4.39 Å². The number of hydrogen-bond donors (Lipinski definition) is 2. The van der Waals surface area contributed by atoms with Crippen LogP contribution in [0.4, 0.5) is 4.39 Å². The minimum Gasteiger partial charge on any atom is -0.481 e. The first-order valence-corrected chi connectivity index (χ1v) is 4.23. The molecule has 78 valence electrons. The number of carboxylic acids is 1. The Bertz CT molecular complexity index is 429. The molecular formula is C11H9FO3. The quantitative estimate of drug-likeness (QED) is 0.707. The largest absolute Gasteiger partial charge is 0.481 e. The Morgan fingerprint density at radius 1 is 1.47 bits per heavy atom. The van der Waals surface area contributed by atoms with E-state index in [0.29, 0.717) is 5.56 Å². The van der Waals surface area contributed by atoms with Crippen molar-refractivity contribution in [3.8, 4) is 11.8 Å². The summed E-state index contributed by atoms with van der Waals surface area (Å²) in [6.07, 6.45) is -0.218. The van der Waals surface area contributed by atoms with E-state index in [2.05, 4.69) is 11.8 Å². The smallest absolute Gasteiger partial charge is 0.307 e. The highest BCUT2D eigenvalue weighted by Crippen LogP contribution is 2.09. The minimum atomic E-state index is -1.01. The van der Waals surface area contributed by atoms with Crippen molar-refractivity contribution in [3.05, 3.63) is 35.1 Å². The predicted molar refractivity (Wildman–Crippen MR) is 51.7 cm³/mol. The number of carbonyl (C=O) groups is 1. The zero-order valence-corrected chi connectivity index (χ0v) is 7.83. The van der Waals surface area contributed by atoms with Crippen molar-refractivity contribution in [3.63, 3.8) is 0 Å². The lowest BCUT2D eigenvalue weighted by Gasteiger charge is -1.99. The number of aliphatic hydroxyl groups is 1. The molecular weight excluding hydrogens is 199 g/mol. The highest BCUT2D eigenvalue weighted by atomic mass is 19.1. The normalized spacial score (nSPS) is 9.20. The van der Waals surface area contributed by atoms with Gasteiger partial charge in [-0.1, -0.05) is 17.9 Å². The van der Waals surface area contributed by atoms with Gasteiger partial charge in [0.15, 0.2) is 0 Å². The molecule has 0 spiro atoms. The van der Waals surface area contributed by atoms with E-state index in [9.17, 15) is 9.18 Å². The molecule has 1 aromatic rings. The lowest BCUT2D eigenvalue weighted by molar-refractivity contribution is -0.136. The third-order valence-corrected chi connectivity index (χ3v) is 1.69. The molecule has 0 aliphatic heterocycles. The van der Waals surface area contributed by atoms with E-state index in [4.69, 9.17) is 10.2 Å². The molecule has 15 heavy (non-hydrogen) atoms. The summed E-state index contributed by atoms with van der Waals surface area (Å²) in [6.45, 7) is -0.337. The molecule has 3 nitrogen and oxygen atoms in total. The van der Waals surface area contributed by atoms with Crippen molar-refractivity contribution < 1.29 is 19.4 Å². The van der Waals surface area contributed by atoms with Gasteiger partial charge in [0.1, 0.15) is 12.4 Å². The molecule has 0 heterocycles. The third kappa shape index (κ3) is 3.41. The second-order valence-corrected chi connectivity index (χ2v) is 2.84. The van der Waals surface area contributed by atoms with Crippen LogP contribution in [0.25, 0.3) is 0 Å². The van der Waals surface area contributed by atoms with Crippen LogP contribution in [0, 0.1) is 17.7 Å². The zero-order chi connectivity index (χ0) is 11.3. The highest BCUT2D eigenvalue weighted by Gasteiger charge is 2.04. The SMILES string of the molecule is O=C(O)Cc1ccc(C#CCO)c(F)c1. The summed E-state index contributed by atoms with van der Waals surface area (Å²) >= 11 is 0. The van der Waals surface area contributed by atoms with Crippen LogP contribution in [0.15, 0.2) is 18.2 Å². The third-order valence-electron chi connectivity index (χ3n) is 1.69. The van der Waals surface area contributed by atoms with Gasteiger partial charge in [-0.15, -0.1) is 0 Å². The standard InChI is InChI=1S/C11H9FO3/c12-10-6-8(7-11(14)15)3-4-9(10)2-1-5-13/h3-4,6,13H,5,7H2,(H,14,15). The Morgan fingerprint density at radius 3 is 2.73 bits per heavy atom. The second-order valence-electron chi connectivity index (χ2n) is 2.84. The van der Waals surface area contributed by atoms with E-state index in [1.165, 1.54) is 12.1 Å². The number of hydrogen-bond acceptors (Lipinski definition) is 2. The summed E-state index contributed by atoms with van der Waals surface area (Å²) in [4.78, 5) is 10.4. The van der Waals surface area contributed by atoms with Crippen LogP contribution in [0.2, 0.25) is 0 Å². The van der Waals surface area contributed by atoms with E-state index in [1.54, 1.807) is 0 Å². The van der Waals surface area contributed by atoms with Crippen LogP contribution in [0.1, 0.15) is 11.1 Å². The molecule has 4 heteroatoms. The second kappa shape index (κ2) is 5.13. The lowest BCUT2D eigenvalue weighted by Crippen LogP contribution is -2.00. The van der Waals surface area contributed by atoms with Gasteiger partial charge >= 0.3 is 5.97 Å². The van der Waals surface area contributed by atoms with E-state index in [1.807, 2.05) is 0 Å². The van der Waals surface area contributed by atoms with Gasteiger partial charge in [0.05, 0.1) is 12.0 Å². The van der Waals surface area contributed by atoms with Gasteiger partial charge in [0.25, 0.3) is 0 Å². The van der Waals surface area contributed by atoms with Crippen LogP contribution >= 0.6 is 0 Å². The molecule has 0 saturated heterocycles. The van der Waals surface area contributed by atoms with Gasteiger partial charge in [0.2, 0.25) is 0 Å². The average Bonchev–Trinajstić information content (AvgIpc) is 2.15. The maximum absolute atomic E-state index is 13.2. The fourth-order valence-electron chi connectivity index (χ4n) is 1.08. The maximum atomic E-state index is 13.2. The van der Waals surface area contributed by atoms with E-state index < -0.39 is 11.8 Å². The van der Waals surface area contributed by atoms with E-state index in [-0.39, 0.29) is 18.6 Å². The van der Waals surface area contributed by atoms with Gasteiger partial charge < -0.3 is 10.2 Å². The van der Waals surface area contributed by atoms with Crippen LogP contribution in [-0.2, 0) is 11.2 Å². The van der Waals surface area contributed by atoms with Gasteiger partial charge in [-0.2, -0.15) is 0 Å². The van der Waals surface area contributed by atoms with Crippen molar-refractivity contribution in [2.24, 2.45) is 0 Å². The molecule has 0 saturated carbocycles. The number of aliphatic carboxylic acids is 1. The summed E-state index contributed by atoms with van der Waals surface area (Å²) in [7, 11) is 0. The van der Waals surface area contributed by atoms with Crippen LogP contribution in [-0.4, -0.2) is 22.8 Å². The summed E-state index contributed by atoms with van der Waals surface area (Å²) in [5.74, 6) is 3.15. The summed E-state index contributed by atoms with van der Waals surface area (Å²) in [5.41, 5.74) is 0.535. The molecule has 2 N–H and O–H groups in total. The molecule has 0 amide bonds. The van der Waals surface area contributed by atoms with Crippen LogP contribution in [0.5, 0.6) is 0 Å². The van der Waals surface area contributed by atoms with Crippen molar-refractivity contribution in [2.45, 2.75) is 6.42 Å². The topological polar surface area (TPSA) is 57.5 Å². The molecule has 0 aliphatic carbocycles. The van der Waals surface area contributed by atoms with Crippen molar-refractivity contribution in [1.29, 1.82) is 0 Å². The number of carboxylic acid groups (broad SMARTS) is 1. The fraction of sp³-hybridized carbons (Fsp3) is 0.182. The molecule has 0 unspecified atom stereocenters. The number of rotatable bonds is 2. The Balaban J connectivity index is 2.92. The summed E-state index contributed by atoms with van der Waals surface area (Å²) in [5, 5.41) is 16.9. The number of aliphatic hydroxyl groups excluding tert-OH is 1. The molecule has 0 aromatic heterocycles. The van der Waals surface area contributed by atoms with Gasteiger partial charge in [-0.05, 0) is 17.7 Å². The Morgan fingerprint density at radius 2 is 2.20 bits per heavy atom. The molecule has 0 radical (unpaired) electrons. The fourth-order valence-corrected chi connectivity index (χ4v) is 1.08. The number of benzene rings is 1. The lowest BCUT2D eigenvalue weighted by atomic mass is 10.1. The monoisotopic (exact) mass is 208 g/mol. The van der Waals surface area contributed by atoms with Gasteiger partial charge in [-0.3, -0.25) is 4.79 Å². The Hall–Kier alpha value is -1.86. The molecule has 0 aliphatic rings. The van der Waals surface area contributed by atoms with Crippen molar-refractivity contribution in [2.75, 3.05) is 6.61 Å². The molecule has 1 rings (SSSR count). The predicted octanol–water partition coefficient (Wildman–Crippen LogP) is 0.797. The Labute approximate surface area is 86.2 Å². The summed E-state index contributed by atoms with van der Waals surface area (Å²) < 4.78 is 13.2. The number of halogens is 1. The minimum absolute atomic E-state index is 0.151.